The van der Waals surface area contributed by atoms with Gasteiger partial charge in [-0.15, -0.1) is 0 Å². The molecule has 128 valence electrons. The third kappa shape index (κ3) is 2.74. The zero-order chi connectivity index (χ0) is 17.6. The van der Waals surface area contributed by atoms with Crippen molar-refractivity contribution in [1.82, 2.24) is 4.57 Å². The van der Waals surface area contributed by atoms with Gasteiger partial charge in [0.15, 0.2) is 0 Å². The molecular weight excluding hydrogens is 310 g/mol. The summed E-state index contributed by atoms with van der Waals surface area (Å²) in [5.74, 6) is -0.927. The normalized spacial score (nSPS) is 16.8. The molecular formula is C22H23NO2. The molecule has 1 atom stereocenters. The maximum atomic E-state index is 11.5. The number of hydrogen-bond donors (Lipinski definition) is 1. The highest BCUT2D eigenvalue weighted by molar-refractivity contribution is 5.87. The number of nitrogens with zero attached hydrogens (tertiary/aromatic N) is 1. The van der Waals surface area contributed by atoms with E-state index in [1.54, 1.807) is 0 Å². The lowest BCUT2D eigenvalue weighted by Crippen LogP contribution is -2.23. The average Bonchev–Trinajstić information content (AvgIpc) is 2.89. The van der Waals surface area contributed by atoms with E-state index in [2.05, 4.69) is 60.9 Å². The van der Waals surface area contributed by atoms with Crippen LogP contribution >= 0.6 is 0 Å². The molecule has 0 radical (unpaired) electrons. The smallest absolute Gasteiger partial charge is 0.306 e. The molecule has 1 N–H and O–H groups in total. The lowest BCUT2D eigenvalue weighted by atomic mass is 9.86. The molecule has 25 heavy (non-hydrogen) atoms. The highest BCUT2D eigenvalue weighted by atomic mass is 16.4. The second kappa shape index (κ2) is 6.07. The van der Waals surface area contributed by atoms with Gasteiger partial charge in [-0.2, -0.15) is 0 Å². The molecule has 3 aromatic rings. The maximum absolute atomic E-state index is 11.5. The van der Waals surface area contributed by atoms with Gasteiger partial charge in [0.05, 0.1) is 5.92 Å². The molecule has 0 saturated heterocycles. The Kier molecular flexibility index (Phi) is 3.87. The van der Waals surface area contributed by atoms with Crippen LogP contribution in [0.4, 0.5) is 0 Å². The first-order chi connectivity index (χ1) is 12.0. The maximum Gasteiger partial charge on any atom is 0.306 e. The molecule has 1 aliphatic carbocycles. The van der Waals surface area contributed by atoms with E-state index in [1.165, 1.54) is 38.9 Å². The van der Waals surface area contributed by atoms with Gasteiger partial charge in [0, 0.05) is 23.1 Å². The van der Waals surface area contributed by atoms with E-state index in [4.69, 9.17) is 0 Å². The van der Waals surface area contributed by atoms with E-state index >= 15 is 0 Å². The van der Waals surface area contributed by atoms with Crippen LogP contribution in [0.15, 0.2) is 42.5 Å². The highest BCUT2D eigenvalue weighted by Crippen LogP contribution is 2.35. The Bertz CT molecular complexity index is 968. The summed E-state index contributed by atoms with van der Waals surface area (Å²) in [7, 11) is 0. The molecule has 3 heteroatoms. The molecule has 0 spiro atoms. The Morgan fingerprint density at radius 1 is 1.20 bits per heavy atom. The van der Waals surface area contributed by atoms with Crippen LogP contribution in [0.2, 0.25) is 0 Å². The summed E-state index contributed by atoms with van der Waals surface area (Å²) in [5.41, 5.74) is 7.63. The van der Waals surface area contributed by atoms with Crippen LogP contribution in [0, 0.1) is 19.8 Å². The lowest BCUT2D eigenvalue weighted by molar-refractivity contribution is -0.142. The van der Waals surface area contributed by atoms with Gasteiger partial charge in [0.1, 0.15) is 0 Å². The number of aryl methyl sites for hydroxylation is 2. The highest BCUT2D eigenvalue weighted by Gasteiger charge is 2.29. The molecule has 0 amide bonds. The molecule has 0 saturated carbocycles. The minimum atomic E-state index is -0.668. The van der Waals surface area contributed by atoms with Crippen molar-refractivity contribution in [2.24, 2.45) is 5.92 Å². The zero-order valence-electron chi connectivity index (χ0n) is 14.7. The molecule has 1 aliphatic rings. The van der Waals surface area contributed by atoms with Crippen molar-refractivity contribution in [2.75, 3.05) is 0 Å². The largest absolute Gasteiger partial charge is 0.481 e. The summed E-state index contributed by atoms with van der Waals surface area (Å²) < 4.78 is 2.41. The second-order valence-electron chi connectivity index (χ2n) is 7.24. The third-order valence-corrected chi connectivity index (χ3v) is 5.56. The van der Waals surface area contributed by atoms with Crippen molar-refractivity contribution in [3.05, 3.63) is 70.4 Å². The first-order valence-electron chi connectivity index (χ1n) is 8.92. The molecule has 1 unspecified atom stereocenters. The van der Waals surface area contributed by atoms with Crippen LogP contribution in [0.5, 0.6) is 0 Å². The topological polar surface area (TPSA) is 42.2 Å². The lowest BCUT2D eigenvalue weighted by Gasteiger charge is -2.21. The van der Waals surface area contributed by atoms with E-state index in [0.29, 0.717) is 6.42 Å². The summed E-state index contributed by atoms with van der Waals surface area (Å²) >= 11 is 0. The standard InChI is InChI=1S/C22H23NO2/c1-14-7-9-20-18(11-14)19-12-16(22(24)25)8-10-21(19)23(20)13-17-6-4-3-5-15(17)2/h3-7,9,11,16H,8,10,12-13H2,1-2H3,(H,24,25). The van der Waals surface area contributed by atoms with Crippen molar-refractivity contribution in [3.63, 3.8) is 0 Å². The number of fused-ring (bicyclic) bond motifs is 3. The van der Waals surface area contributed by atoms with Crippen molar-refractivity contribution < 1.29 is 9.90 Å². The number of hydrogen-bond acceptors (Lipinski definition) is 1. The van der Waals surface area contributed by atoms with E-state index in [-0.39, 0.29) is 5.92 Å². The molecule has 1 heterocycles. The van der Waals surface area contributed by atoms with E-state index in [0.717, 1.165) is 19.4 Å². The molecule has 4 rings (SSSR count). The summed E-state index contributed by atoms with van der Waals surface area (Å²) in [6.07, 6.45) is 2.21. The molecule has 3 nitrogen and oxygen atoms in total. The van der Waals surface area contributed by atoms with Crippen LogP contribution in [0.1, 0.15) is 34.4 Å². The fourth-order valence-corrected chi connectivity index (χ4v) is 4.11. The van der Waals surface area contributed by atoms with Crippen molar-refractivity contribution in [1.29, 1.82) is 0 Å². The Labute approximate surface area is 147 Å². The Morgan fingerprint density at radius 2 is 2.00 bits per heavy atom. The quantitative estimate of drug-likeness (QED) is 0.767. The number of carboxylic acids is 1. The minimum Gasteiger partial charge on any atom is -0.481 e. The van der Waals surface area contributed by atoms with Crippen molar-refractivity contribution in [2.45, 2.75) is 39.7 Å². The fourth-order valence-electron chi connectivity index (χ4n) is 4.11. The number of benzene rings is 2. The zero-order valence-corrected chi connectivity index (χ0v) is 14.7. The second-order valence-corrected chi connectivity index (χ2v) is 7.24. The molecule has 0 bridgehead atoms. The third-order valence-electron chi connectivity index (χ3n) is 5.56. The molecule has 2 aromatic carbocycles. The molecule has 0 aliphatic heterocycles. The van der Waals surface area contributed by atoms with Crippen LogP contribution in [0.25, 0.3) is 10.9 Å². The van der Waals surface area contributed by atoms with Crippen LogP contribution in [0.3, 0.4) is 0 Å². The van der Waals surface area contributed by atoms with E-state index in [9.17, 15) is 9.90 Å². The summed E-state index contributed by atoms with van der Waals surface area (Å²) in [6, 6.07) is 15.1. The SMILES string of the molecule is Cc1ccc2c(c1)c1c(n2Cc2ccccc2C)CCC(C(=O)O)C1. The number of aromatic nitrogens is 1. The number of carboxylic acid groups (broad SMARTS) is 1. The van der Waals surface area contributed by atoms with E-state index < -0.39 is 5.97 Å². The average molecular weight is 333 g/mol. The van der Waals surface area contributed by atoms with Crippen LogP contribution in [-0.2, 0) is 24.2 Å². The van der Waals surface area contributed by atoms with Crippen molar-refractivity contribution >= 4 is 16.9 Å². The summed E-state index contributed by atoms with van der Waals surface area (Å²) in [5, 5.41) is 10.7. The Morgan fingerprint density at radius 3 is 2.76 bits per heavy atom. The Balaban J connectivity index is 1.87. The number of carbonyl (C=O) groups is 1. The van der Waals surface area contributed by atoms with Gasteiger partial charge in [-0.1, -0.05) is 35.9 Å². The van der Waals surface area contributed by atoms with Gasteiger partial charge < -0.3 is 9.67 Å². The first-order valence-corrected chi connectivity index (χ1v) is 8.92. The van der Waals surface area contributed by atoms with E-state index in [1.807, 2.05) is 0 Å². The minimum absolute atomic E-state index is 0.259. The van der Waals surface area contributed by atoms with Crippen LogP contribution in [-0.4, -0.2) is 15.6 Å². The Hall–Kier alpha value is -2.55. The van der Waals surface area contributed by atoms with Gasteiger partial charge in [-0.05, 0) is 61.9 Å². The van der Waals surface area contributed by atoms with Gasteiger partial charge in [-0.25, -0.2) is 0 Å². The van der Waals surface area contributed by atoms with Gasteiger partial charge >= 0.3 is 5.97 Å². The summed E-state index contributed by atoms with van der Waals surface area (Å²) in [4.78, 5) is 11.5. The first kappa shape index (κ1) is 15.9. The monoisotopic (exact) mass is 333 g/mol. The van der Waals surface area contributed by atoms with Gasteiger partial charge in [0.25, 0.3) is 0 Å². The van der Waals surface area contributed by atoms with Crippen LogP contribution < -0.4 is 0 Å². The fraction of sp³-hybridized carbons (Fsp3) is 0.318. The number of rotatable bonds is 3. The predicted octanol–water partition coefficient (Wildman–Crippen LogP) is 4.50. The number of aliphatic carboxylic acids is 1. The summed E-state index contributed by atoms with van der Waals surface area (Å²) in [6.45, 7) is 5.10. The molecule has 0 fully saturated rings. The molecule has 1 aromatic heterocycles. The predicted molar refractivity (Wildman–Crippen MR) is 100 cm³/mol. The van der Waals surface area contributed by atoms with Gasteiger partial charge in [-0.3, -0.25) is 4.79 Å². The van der Waals surface area contributed by atoms with Crippen molar-refractivity contribution in [3.8, 4) is 0 Å². The van der Waals surface area contributed by atoms with Gasteiger partial charge in [0.2, 0.25) is 0 Å².